The van der Waals surface area contributed by atoms with E-state index in [2.05, 4.69) is 15.0 Å². The van der Waals surface area contributed by atoms with Gasteiger partial charge in [0.2, 0.25) is 5.95 Å². The minimum Gasteiger partial charge on any atom is -0.492 e. The number of nitrogens with one attached hydrogen (secondary N) is 1. The quantitative estimate of drug-likeness (QED) is 0.700. The zero-order chi connectivity index (χ0) is 20.6. The van der Waals surface area contributed by atoms with Crippen molar-refractivity contribution in [2.75, 3.05) is 24.6 Å². The first-order chi connectivity index (χ1) is 13.8. The normalized spacial score (nSPS) is 17.7. The van der Waals surface area contributed by atoms with Crippen LogP contribution in [0, 0.1) is 5.92 Å². The maximum Gasteiger partial charge on any atom is 0.263 e. The van der Waals surface area contributed by atoms with Gasteiger partial charge in [-0.05, 0) is 45.7 Å². The largest absolute Gasteiger partial charge is 0.492 e. The summed E-state index contributed by atoms with van der Waals surface area (Å²) in [4.78, 5) is 22.4. The summed E-state index contributed by atoms with van der Waals surface area (Å²) in [5.74, 6) is 1.62. The van der Waals surface area contributed by atoms with E-state index in [1.165, 1.54) is 0 Å². The summed E-state index contributed by atoms with van der Waals surface area (Å²) in [6.45, 7) is 8.33. The molecule has 8 heteroatoms. The number of rotatable bonds is 4. The van der Waals surface area contributed by atoms with Crippen molar-refractivity contribution < 1.29 is 4.74 Å². The number of piperidine rings is 1. The van der Waals surface area contributed by atoms with Crippen LogP contribution >= 0.6 is 11.6 Å². The van der Waals surface area contributed by atoms with E-state index in [1.807, 2.05) is 49.7 Å². The highest BCUT2D eigenvalue weighted by atomic mass is 35.5. The van der Waals surface area contributed by atoms with E-state index < -0.39 is 0 Å². The lowest BCUT2D eigenvalue weighted by Gasteiger charge is -2.33. The molecule has 0 amide bonds. The number of ether oxygens (including phenoxy) is 1. The van der Waals surface area contributed by atoms with Crippen molar-refractivity contribution >= 4 is 28.6 Å². The molecule has 1 saturated heterocycles. The summed E-state index contributed by atoms with van der Waals surface area (Å²) in [7, 11) is 0. The molecule has 2 aromatic heterocycles. The van der Waals surface area contributed by atoms with Crippen LogP contribution in [-0.2, 0) is 5.54 Å². The predicted molar refractivity (Wildman–Crippen MR) is 115 cm³/mol. The number of fused-ring (bicyclic) bond motifs is 1. The van der Waals surface area contributed by atoms with Crippen molar-refractivity contribution in [1.29, 1.82) is 0 Å². The van der Waals surface area contributed by atoms with Crippen LogP contribution in [0.3, 0.4) is 0 Å². The van der Waals surface area contributed by atoms with Crippen molar-refractivity contribution in [3.8, 4) is 5.75 Å². The highest BCUT2D eigenvalue weighted by Gasteiger charge is 2.25. The Morgan fingerprint density at radius 3 is 2.86 bits per heavy atom. The van der Waals surface area contributed by atoms with Gasteiger partial charge in [-0.15, -0.1) is 0 Å². The van der Waals surface area contributed by atoms with Crippen molar-refractivity contribution in [3.05, 3.63) is 45.8 Å². The number of nitrogens with zero attached hydrogens (tertiary/aromatic N) is 4. The van der Waals surface area contributed by atoms with Crippen molar-refractivity contribution in [3.63, 3.8) is 0 Å². The first-order valence-corrected chi connectivity index (χ1v) is 10.3. The fourth-order valence-corrected chi connectivity index (χ4v) is 3.90. The first kappa shape index (κ1) is 19.8. The zero-order valence-corrected chi connectivity index (χ0v) is 17.7. The molecule has 29 heavy (non-hydrogen) atoms. The summed E-state index contributed by atoms with van der Waals surface area (Å²) < 4.78 is 7.75. The molecule has 1 aliphatic rings. The van der Waals surface area contributed by atoms with Gasteiger partial charge < -0.3 is 9.64 Å². The summed E-state index contributed by atoms with van der Waals surface area (Å²) in [5, 5.41) is 5.51. The second kappa shape index (κ2) is 7.71. The molecule has 1 N–H and O–H groups in total. The van der Waals surface area contributed by atoms with Gasteiger partial charge in [-0.1, -0.05) is 23.7 Å². The number of para-hydroxylation sites is 1. The molecule has 0 saturated carbocycles. The van der Waals surface area contributed by atoms with Gasteiger partial charge in [0.15, 0.2) is 5.65 Å². The number of anilines is 1. The van der Waals surface area contributed by atoms with Gasteiger partial charge in [-0.2, -0.15) is 10.1 Å². The molecular formula is C21H26ClN5O2. The van der Waals surface area contributed by atoms with E-state index >= 15 is 0 Å². The van der Waals surface area contributed by atoms with Crippen molar-refractivity contribution in [2.45, 2.75) is 39.2 Å². The standard InChI is InChI=1S/C21H26ClN5O2/c1-21(2,3)27-18-15(11-23-27)19(28)25-20(24-18)26-10-6-7-14(12-26)13-29-17-9-5-4-8-16(17)22/h4-5,8-9,11,14H,6-7,10,12-13H2,1-3H3,(H,24,25,28). The highest BCUT2D eigenvalue weighted by molar-refractivity contribution is 6.32. The lowest BCUT2D eigenvalue weighted by Crippen LogP contribution is -2.39. The smallest absolute Gasteiger partial charge is 0.263 e. The molecule has 1 aromatic carbocycles. The van der Waals surface area contributed by atoms with E-state index in [0.717, 1.165) is 25.9 Å². The van der Waals surface area contributed by atoms with Crippen LogP contribution < -0.4 is 15.2 Å². The lowest BCUT2D eigenvalue weighted by atomic mass is 9.99. The average Bonchev–Trinajstić information content (AvgIpc) is 3.13. The van der Waals surface area contributed by atoms with Crippen molar-refractivity contribution in [1.82, 2.24) is 19.7 Å². The summed E-state index contributed by atoms with van der Waals surface area (Å²) >= 11 is 6.19. The van der Waals surface area contributed by atoms with Gasteiger partial charge in [0.1, 0.15) is 11.1 Å². The minimum absolute atomic E-state index is 0.157. The van der Waals surface area contributed by atoms with Gasteiger partial charge in [-0.25, -0.2) is 4.68 Å². The molecule has 0 bridgehead atoms. The molecule has 3 aromatic rings. The van der Waals surface area contributed by atoms with Gasteiger partial charge in [0.25, 0.3) is 5.56 Å². The monoisotopic (exact) mass is 415 g/mol. The molecule has 154 valence electrons. The fourth-order valence-electron chi connectivity index (χ4n) is 3.71. The molecule has 1 unspecified atom stereocenters. The van der Waals surface area contributed by atoms with Gasteiger partial charge >= 0.3 is 0 Å². The Morgan fingerprint density at radius 2 is 2.10 bits per heavy atom. The molecule has 0 spiro atoms. The average molecular weight is 416 g/mol. The van der Waals surface area contributed by atoms with Crippen LogP contribution in [0.1, 0.15) is 33.6 Å². The van der Waals surface area contributed by atoms with Gasteiger partial charge in [-0.3, -0.25) is 9.78 Å². The Labute approximate surface area is 174 Å². The van der Waals surface area contributed by atoms with Gasteiger partial charge in [0, 0.05) is 19.0 Å². The molecule has 3 heterocycles. The van der Waals surface area contributed by atoms with E-state index in [0.29, 0.717) is 40.3 Å². The van der Waals surface area contributed by atoms with E-state index in [4.69, 9.17) is 21.3 Å². The van der Waals surface area contributed by atoms with Crippen LogP contribution in [-0.4, -0.2) is 39.4 Å². The zero-order valence-electron chi connectivity index (χ0n) is 17.0. The Balaban J connectivity index is 1.54. The molecule has 4 rings (SSSR count). The van der Waals surface area contributed by atoms with Crippen molar-refractivity contribution in [2.24, 2.45) is 5.92 Å². The second-order valence-electron chi connectivity index (χ2n) is 8.55. The number of hydrogen-bond donors (Lipinski definition) is 1. The molecule has 1 atom stereocenters. The Kier molecular flexibility index (Phi) is 5.25. The number of aromatic nitrogens is 4. The molecule has 1 fully saturated rings. The summed E-state index contributed by atoms with van der Waals surface area (Å²) in [6, 6.07) is 7.50. The molecule has 1 aliphatic heterocycles. The first-order valence-electron chi connectivity index (χ1n) is 9.94. The maximum absolute atomic E-state index is 12.6. The molecule has 7 nitrogen and oxygen atoms in total. The Morgan fingerprint density at radius 1 is 1.31 bits per heavy atom. The number of benzene rings is 1. The third-order valence-corrected chi connectivity index (χ3v) is 5.50. The van der Waals surface area contributed by atoms with Crippen LogP contribution in [0.15, 0.2) is 35.3 Å². The maximum atomic E-state index is 12.6. The van der Waals surface area contributed by atoms with Crippen LogP contribution in [0.5, 0.6) is 5.75 Å². The molecular weight excluding hydrogens is 390 g/mol. The predicted octanol–water partition coefficient (Wildman–Crippen LogP) is 3.82. The van der Waals surface area contributed by atoms with Crippen LogP contribution in [0.25, 0.3) is 11.0 Å². The molecule has 0 radical (unpaired) electrons. The number of hydrogen-bond acceptors (Lipinski definition) is 5. The van der Waals surface area contributed by atoms with E-state index in [1.54, 1.807) is 6.20 Å². The lowest BCUT2D eigenvalue weighted by molar-refractivity contribution is 0.228. The third kappa shape index (κ3) is 4.10. The minimum atomic E-state index is -0.257. The third-order valence-electron chi connectivity index (χ3n) is 5.19. The topological polar surface area (TPSA) is 76.0 Å². The number of halogens is 1. The second-order valence-corrected chi connectivity index (χ2v) is 8.96. The van der Waals surface area contributed by atoms with Crippen LogP contribution in [0.4, 0.5) is 5.95 Å². The molecule has 0 aliphatic carbocycles. The number of aromatic amines is 1. The summed E-state index contributed by atoms with van der Waals surface area (Å²) in [5.41, 5.74) is 0.202. The SMILES string of the molecule is CC(C)(C)n1ncc2c(=O)[nH]c(N3CCCC(COc4ccccc4Cl)C3)nc21. The van der Waals surface area contributed by atoms with E-state index in [9.17, 15) is 4.79 Å². The Bertz CT molecular complexity index is 1070. The van der Waals surface area contributed by atoms with Gasteiger partial charge in [0.05, 0.1) is 23.4 Å². The van der Waals surface area contributed by atoms with Crippen LogP contribution in [0.2, 0.25) is 5.02 Å². The highest BCUT2D eigenvalue weighted by Crippen LogP contribution is 2.26. The fraction of sp³-hybridized carbons (Fsp3) is 0.476. The van der Waals surface area contributed by atoms with E-state index in [-0.39, 0.29) is 11.1 Å². The Hall–Kier alpha value is -2.54. The summed E-state index contributed by atoms with van der Waals surface area (Å²) in [6.07, 6.45) is 3.66. The number of H-pyrrole nitrogens is 1.